The topological polar surface area (TPSA) is 70.4 Å². The van der Waals surface area contributed by atoms with Gasteiger partial charge in [0.2, 0.25) is 0 Å². The van der Waals surface area contributed by atoms with Gasteiger partial charge in [-0.05, 0) is 0 Å². The number of pyridine rings is 1. The van der Waals surface area contributed by atoms with Gasteiger partial charge >= 0.3 is 268 Å². The van der Waals surface area contributed by atoms with Gasteiger partial charge in [0.25, 0.3) is 0 Å². The number of aliphatic hydroxyl groups is 1. The van der Waals surface area contributed by atoms with E-state index in [0.29, 0.717) is 8.95 Å². The molecule has 1 unspecified atom stereocenters. The van der Waals surface area contributed by atoms with Crippen LogP contribution in [0.5, 0.6) is 0 Å². The summed E-state index contributed by atoms with van der Waals surface area (Å²) in [5.41, 5.74) is 5.48. The summed E-state index contributed by atoms with van der Waals surface area (Å²) < 4.78 is 0.401. The number of hydrogen-bond donors (Lipinski definition) is 2. The standard InChI is InChI=1S/C35H36ClINO3S/c1-34(2,41)30-9-4-3-7-25(30)13-17-31(37-42-23-35(18-19-35)22-33(39)40)27-8-5-6-24(20-27)10-15-29-16-12-26-11-14-28(36)21-32(26)38-29/h3-12,14-16,20-21,31,41H,13,17-19,22-23H2,1-2H3,(H,39,40)/q-1/b15-10+. The van der Waals surface area contributed by atoms with Gasteiger partial charge in [-0.25, -0.2) is 0 Å². The van der Waals surface area contributed by atoms with Crippen LogP contribution in [0.15, 0.2) is 78.9 Å². The second-order valence-corrected chi connectivity index (χ2v) is 17.7. The number of fused-ring (bicyclic) bond motifs is 1. The molecule has 1 aliphatic rings. The first kappa shape index (κ1) is 31.0. The maximum atomic E-state index is 11.4. The first-order chi connectivity index (χ1) is 20.1. The number of carboxylic acid groups (broad SMARTS) is 1. The van der Waals surface area contributed by atoms with E-state index >= 15 is 0 Å². The molecule has 7 heteroatoms. The van der Waals surface area contributed by atoms with Crippen LogP contribution in [0, 0.1) is 5.41 Å². The van der Waals surface area contributed by atoms with Crippen LogP contribution in [0.2, 0.25) is 5.02 Å². The molecule has 1 atom stereocenters. The van der Waals surface area contributed by atoms with Gasteiger partial charge in [-0.3, -0.25) is 0 Å². The second-order valence-electron chi connectivity index (χ2n) is 11.7. The minimum atomic E-state index is -0.891. The third-order valence-corrected chi connectivity index (χ3v) is 14.2. The molecule has 5 rings (SSSR count). The molecular weight excluding hydrogens is 677 g/mol. The van der Waals surface area contributed by atoms with Gasteiger partial charge in [0, 0.05) is 0 Å². The number of benzene rings is 3. The van der Waals surface area contributed by atoms with Crippen LogP contribution >= 0.6 is 20.5 Å². The first-order valence-electron chi connectivity index (χ1n) is 14.2. The molecule has 1 fully saturated rings. The molecule has 0 amide bonds. The molecule has 1 heterocycles. The molecule has 2 N–H and O–H groups in total. The molecule has 1 aliphatic carbocycles. The van der Waals surface area contributed by atoms with Crippen molar-refractivity contribution in [3.8, 4) is 0 Å². The van der Waals surface area contributed by atoms with Gasteiger partial charge in [0.05, 0.1) is 0 Å². The Morgan fingerprint density at radius 1 is 1.07 bits per heavy atom. The normalized spacial score (nSPS) is 15.3. The monoisotopic (exact) mass is 712 g/mol. The van der Waals surface area contributed by atoms with E-state index in [1.807, 2.05) is 71.3 Å². The number of aromatic nitrogens is 1. The summed E-state index contributed by atoms with van der Waals surface area (Å²) in [4.78, 5) is 16.1. The molecule has 1 aromatic heterocycles. The summed E-state index contributed by atoms with van der Waals surface area (Å²) in [5.74, 6) is 0.246. The molecule has 0 spiro atoms. The van der Waals surface area contributed by atoms with Crippen molar-refractivity contribution in [1.29, 1.82) is 0 Å². The summed E-state index contributed by atoms with van der Waals surface area (Å²) in [6.45, 7) is 3.69. The van der Waals surface area contributed by atoms with Crippen LogP contribution in [0.4, 0.5) is 0 Å². The number of aliphatic carboxylic acids is 1. The number of carboxylic acids is 1. The molecule has 4 aromatic rings. The van der Waals surface area contributed by atoms with Crippen molar-refractivity contribution in [3.05, 3.63) is 112 Å². The van der Waals surface area contributed by atoms with Crippen LogP contribution in [-0.2, 0) is 16.8 Å². The van der Waals surface area contributed by atoms with E-state index in [0.717, 1.165) is 59.2 Å². The Kier molecular flexibility index (Phi) is 9.98. The number of nitrogens with zero attached hydrogens (tertiary/aromatic N) is 1. The summed E-state index contributed by atoms with van der Waals surface area (Å²) in [6, 6.07) is 26.8. The van der Waals surface area contributed by atoms with Crippen LogP contribution in [0.1, 0.15) is 71.4 Å². The quantitative estimate of drug-likeness (QED) is 0.133. The molecule has 220 valence electrons. The van der Waals surface area contributed by atoms with Crippen molar-refractivity contribution in [3.63, 3.8) is 0 Å². The summed E-state index contributed by atoms with van der Waals surface area (Å²) in [7, 11) is 1.99. The number of alkyl halides is 1. The molecule has 0 bridgehead atoms. The van der Waals surface area contributed by atoms with Crippen LogP contribution in [-0.4, -0.2) is 26.9 Å². The van der Waals surface area contributed by atoms with Crippen molar-refractivity contribution in [2.24, 2.45) is 5.41 Å². The first-order valence-corrected chi connectivity index (χ1v) is 19.4. The van der Waals surface area contributed by atoms with Crippen molar-refractivity contribution in [1.82, 2.24) is 4.98 Å². The molecule has 3 aromatic carbocycles. The fraction of sp³-hybridized carbons (Fsp3) is 0.314. The Morgan fingerprint density at radius 2 is 1.86 bits per heavy atom. The van der Waals surface area contributed by atoms with E-state index in [4.69, 9.17) is 16.6 Å². The van der Waals surface area contributed by atoms with Crippen molar-refractivity contribution < 1.29 is 34.8 Å². The molecule has 0 saturated heterocycles. The number of rotatable bonds is 13. The number of hydrogen-bond acceptors (Lipinski definition) is 4. The average molecular weight is 713 g/mol. The fourth-order valence-electron chi connectivity index (χ4n) is 5.21. The molecule has 4 nitrogen and oxygen atoms in total. The van der Waals surface area contributed by atoms with Crippen LogP contribution in [0.25, 0.3) is 23.1 Å². The van der Waals surface area contributed by atoms with Gasteiger partial charge < -0.3 is 0 Å². The Morgan fingerprint density at radius 3 is 2.62 bits per heavy atom. The van der Waals surface area contributed by atoms with Gasteiger partial charge in [-0.1, -0.05) is 0 Å². The van der Waals surface area contributed by atoms with Gasteiger partial charge in [-0.2, -0.15) is 0 Å². The molecule has 1 saturated carbocycles. The molecule has 0 aliphatic heterocycles. The van der Waals surface area contributed by atoms with Gasteiger partial charge in [0.1, 0.15) is 0 Å². The number of aryl methyl sites for hydroxylation is 1. The average Bonchev–Trinajstić information content (AvgIpc) is 3.71. The van der Waals surface area contributed by atoms with E-state index in [2.05, 4.69) is 42.5 Å². The van der Waals surface area contributed by atoms with E-state index < -0.39 is 11.6 Å². The SMILES string of the molecule is CC(C)(O)c1ccccc1CCC([I-]SCC1(CC(=O)O)CC1)c1cccc(/C=C/c2ccc3ccc(Cl)cc3n2)c1. The molecule has 42 heavy (non-hydrogen) atoms. The molecular formula is C35H36ClINO3S-. The minimum absolute atomic E-state index is 0.00402. The zero-order chi connectivity index (χ0) is 29.7. The third kappa shape index (κ3) is 8.37. The van der Waals surface area contributed by atoms with Crippen molar-refractivity contribution in [2.45, 2.75) is 55.5 Å². The van der Waals surface area contributed by atoms with Crippen LogP contribution in [0.3, 0.4) is 0 Å². The predicted molar refractivity (Wildman–Crippen MR) is 171 cm³/mol. The predicted octanol–water partition coefficient (Wildman–Crippen LogP) is 5.95. The second kappa shape index (κ2) is 13.5. The summed E-state index contributed by atoms with van der Waals surface area (Å²) >= 11 is 5.89. The third-order valence-electron chi connectivity index (χ3n) is 7.75. The van der Waals surface area contributed by atoms with Crippen LogP contribution < -0.4 is 19.8 Å². The number of carbonyl (C=O) groups is 1. The molecule has 0 radical (unpaired) electrons. The Bertz CT molecular complexity index is 1590. The van der Waals surface area contributed by atoms with E-state index in [9.17, 15) is 15.0 Å². The Labute approximate surface area is 266 Å². The van der Waals surface area contributed by atoms with Crippen molar-refractivity contribution >= 4 is 49.6 Å². The Hall–Kier alpha value is -2.39. The van der Waals surface area contributed by atoms with E-state index in [-0.39, 0.29) is 31.7 Å². The zero-order valence-corrected chi connectivity index (χ0v) is 27.6. The van der Waals surface area contributed by atoms with E-state index in [1.165, 1.54) is 11.1 Å². The summed E-state index contributed by atoms with van der Waals surface area (Å²) in [6.07, 6.45) is 8.35. The Balaban J connectivity index is 1.34. The van der Waals surface area contributed by atoms with E-state index in [1.54, 1.807) is 0 Å². The maximum absolute atomic E-state index is 11.4. The van der Waals surface area contributed by atoms with Gasteiger partial charge in [-0.15, -0.1) is 0 Å². The summed E-state index contributed by atoms with van der Waals surface area (Å²) in [5, 5.41) is 21.9. The van der Waals surface area contributed by atoms with Crippen molar-refractivity contribution in [2.75, 3.05) is 5.75 Å². The fourth-order valence-corrected chi connectivity index (χ4v) is 12.6. The zero-order valence-electron chi connectivity index (χ0n) is 23.9. The van der Waals surface area contributed by atoms with Gasteiger partial charge in [0.15, 0.2) is 0 Å². The number of halogens is 2.